The second-order valence-electron chi connectivity index (χ2n) is 5.72. The molecule has 130 valence electrons. The fourth-order valence-electron chi connectivity index (χ4n) is 2.01. The summed E-state index contributed by atoms with van der Waals surface area (Å²) in [7, 11) is 0. The molecule has 0 saturated carbocycles. The molecule has 0 saturated heterocycles. The van der Waals surface area contributed by atoms with E-state index in [9.17, 15) is 18.0 Å². The molecule has 1 aromatic carbocycles. The number of nitrogens with one attached hydrogen (secondary N) is 1. The maximum Gasteiger partial charge on any atom is 0.471 e. The summed E-state index contributed by atoms with van der Waals surface area (Å²) in [6.45, 7) is 3.92. The van der Waals surface area contributed by atoms with Crippen molar-refractivity contribution in [3.8, 4) is 11.4 Å². The van der Waals surface area contributed by atoms with Crippen molar-refractivity contribution in [1.29, 1.82) is 0 Å². The van der Waals surface area contributed by atoms with Gasteiger partial charge in [0.1, 0.15) is 0 Å². The minimum absolute atomic E-state index is 0.184. The number of aromatic nitrogens is 2. The molecule has 9 heteroatoms. The van der Waals surface area contributed by atoms with E-state index in [4.69, 9.17) is 5.73 Å². The van der Waals surface area contributed by atoms with Crippen molar-refractivity contribution in [1.82, 2.24) is 10.1 Å². The molecule has 24 heavy (non-hydrogen) atoms. The molecule has 1 aromatic heterocycles. The lowest BCUT2D eigenvalue weighted by Gasteiger charge is -2.14. The van der Waals surface area contributed by atoms with Gasteiger partial charge in [0.25, 0.3) is 0 Å². The van der Waals surface area contributed by atoms with Gasteiger partial charge in [0.15, 0.2) is 0 Å². The van der Waals surface area contributed by atoms with Gasteiger partial charge in [0.05, 0.1) is 6.04 Å². The predicted molar refractivity (Wildman–Crippen MR) is 80.8 cm³/mol. The topological polar surface area (TPSA) is 94.0 Å². The van der Waals surface area contributed by atoms with E-state index >= 15 is 0 Å². The number of carbonyl (C=O) groups is 1. The number of carbonyl (C=O) groups excluding carboxylic acids is 1. The zero-order chi connectivity index (χ0) is 17.9. The van der Waals surface area contributed by atoms with E-state index in [1.807, 2.05) is 13.8 Å². The Balaban J connectivity index is 2.05. The minimum atomic E-state index is -4.69. The summed E-state index contributed by atoms with van der Waals surface area (Å²) >= 11 is 0. The average molecular weight is 342 g/mol. The Bertz CT molecular complexity index is 695. The van der Waals surface area contributed by atoms with E-state index in [-0.39, 0.29) is 17.6 Å². The maximum absolute atomic E-state index is 12.4. The highest BCUT2D eigenvalue weighted by molar-refractivity contribution is 5.94. The molecule has 0 aliphatic rings. The van der Waals surface area contributed by atoms with Gasteiger partial charge in [-0.1, -0.05) is 19.0 Å². The summed E-state index contributed by atoms with van der Waals surface area (Å²) in [6.07, 6.45) is -4.14. The fourth-order valence-corrected chi connectivity index (χ4v) is 2.01. The SMILES string of the molecule is CC(C)C[C@H](N)C(=O)Nc1ccc(-c2noc(C(F)(F)F)n2)cc1. The van der Waals surface area contributed by atoms with E-state index < -0.39 is 18.1 Å². The third-order valence-electron chi connectivity index (χ3n) is 3.14. The second kappa shape index (κ2) is 7.00. The van der Waals surface area contributed by atoms with Crippen LogP contribution >= 0.6 is 0 Å². The Hall–Kier alpha value is -2.42. The van der Waals surface area contributed by atoms with Crippen LogP contribution in [0.4, 0.5) is 18.9 Å². The zero-order valence-electron chi connectivity index (χ0n) is 13.1. The van der Waals surface area contributed by atoms with Gasteiger partial charge in [-0.2, -0.15) is 18.2 Å². The van der Waals surface area contributed by atoms with Crippen LogP contribution in [-0.2, 0) is 11.0 Å². The van der Waals surface area contributed by atoms with Crippen LogP contribution in [0, 0.1) is 5.92 Å². The summed E-state index contributed by atoms with van der Waals surface area (Å²) in [5, 5.41) is 5.94. The normalized spacial score (nSPS) is 13.1. The van der Waals surface area contributed by atoms with Crippen LogP contribution in [0.3, 0.4) is 0 Å². The molecule has 0 unspecified atom stereocenters. The van der Waals surface area contributed by atoms with Crippen LogP contribution in [0.25, 0.3) is 11.4 Å². The number of hydrogen-bond acceptors (Lipinski definition) is 5. The highest BCUT2D eigenvalue weighted by Crippen LogP contribution is 2.29. The number of nitrogens with zero attached hydrogens (tertiary/aromatic N) is 2. The van der Waals surface area contributed by atoms with E-state index in [1.165, 1.54) is 24.3 Å². The summed E-state index contributed by atoms with van der Waals surface area (Å²) < 4.78 is 41.5. The number of hydrogen-bond donors (Lipinski definition) is 2. The standard InChI is InChI=1S/C15H17F3N4O2/c1-8(2)7-11(19)13(23)20-10-5-3-9(4-6-10)12-21-14(24-22-12)15(16,17)18/h3-6,8,11H,7,19H2,1-2H3,(H,20,23)/t11-/m0/s1. The Morgan fingerprint density at radius 1 is 1.29 bits per heavy atom. The number of amides is 1. The first-order valence-corrected chi connectivity index (χ1v) is 7.24. The smallest absolute Gasteiger partial charge is 0.329 e. The number of nitrogens with two attached hydrogens (primary N) is 1. The molecule has 0 aliphatic heterocycles. The monoisotopic (exact) mass is 342 g/mol. The summed E-state index contributed by atoms with van der Waals surface area (Å²) in [5.41, 5.74) is 6.59. The molecule has 1 amide bonds. The molecule has 0 radical (unpaired) electrons. The van der Waals surface area contributed by atoms with Gasteiger partial charge >= 0.3 is 12.1 Å². The Morgan fingerprint density at radius 2 is 1.92 bits per heavy atom. The summed E-state index contributed by atoms with van der Waals surface area (Å²) in [5.74, 6) is -1.63. The molecular weight excluding hydrogens is 325 g/mol. The lowest BCUT2D eigenvalue weighted by molar-refractivity contribution is -0.159. The van der Waals surface area contributed by atoms with Crippen molar-refractivity contribution in [2.45, 2.75) is 32.5 Å². The number of alkyl halides is 3. The molecule has 0 fully saturated rings. The van der Waals surface area contributed by atoms with Crippen molar-refractivity contribution in [2.75, 3.05) is 5.32 Å². The third kappa shape index (κ3) is 4.54. The van der Waals surface area contributed by atoms with Gasteiger partial charge in [-0.05, 0) is 36.6 Å². The van der Waals surface area contributed by atoms with E-state index in [0.717, 1.165) is 0 Å². The van der Waals surface area contributed by atoms with Gasteiger partial charge in [-0.15, -0.1) is 0 Å². The van der Waals surface area contributed by atoms with E-state index in [0.29, 0.717) is 17.7 Å². The van der Waals surface area contributed by atoms with Gasteiger partial charge in [-0.3, -0.25) is 4.79 Å². The highest BCUT2D eigenvalue weighted by Gasteiger charge is 2.38. The molecule has 0 bridgehead atoms. The van der Waals surface area contributed by atoms with Crippen LogP contribution < -0.4 is 11.1 Å². The predicted octanol–water partition coefficient (Wildman–Crippen LogP) is 3.07. The average Bonchev–Trinajstić information content (AvgIpc) is 2.97. The summed E-state index contributed by atoms with van der Waals surface area (Å²) in [4.78, 5) is 15.2. The molecule has 2 rings (SSSR count). The Kier molecular flexibility index (Phi) is 5.23. The van der Waals surface area contributed by atoms with E-state index in [1.54, 1.807) is 0 Å². The number of halogens is 3. The lowest BCUT2D eigenvalue weighted by atomic mass is 10.0. The van der Waals surface area contributed by atoms with Gasteiger partial charge in [-0.25, -0.2) is 0 Å². The van der Waals surface area contributed by atoms with Gasteiger partial charge in [0.2, 0.25) is 11.7 Å². The van der Waals surface area contributed by atoms with Crippen molar-refractivity contribution < 1.29 is 22.5 Å². The van der Waals surface area contributed by atoms with E-state index in [2.05, 4.69) is 20.0 Å². The highest BCUT2D eigenvalue weighted by atomic mass is 19.4. The minimum Gasteiger partial charge on any atom is -0.329 e. The molecular formula is C15H17F3N4O2. The van der Waals surface area contributed by atoms with Crippen molar-refractivity contribution >= 4 is 11.6 Å². The number of benzene rings is 1. The largest absolute Gasteiger partial charge is 0.471 e. The van der Waals surface area contributed by atoms with Crippen molar-refractivity contribution in [3.63, 3.8) is 0 Å². The third-order valence-corrected chi connectivity index (χ3v) is 3.14. The van der Waals surface area contributed by atoms with Crippen LogP contribution in [-0.4, -0.2) is 22.1 Å². The fraction of sp³-hybridized carbons (Fsp3) is 0.400. The van der Waals surface area contributed by atoms with Crippen molar-refractivity contribution in [2.24, 2.45) is 11.7 Å². The molecule has 1 atom stereocenters. The van der Waals surface area contributed by atoms with Crippen LogP contribution in [0.15, 0.2) is 28.8 Å². The Labute approximate surface area is 136 Å². The molecule has 3 N–H and O–H groups in total. The first-order chi connectivity index (χ1) is 11.2. The first-order valence-electron chi connectivity index (χ1n) is 7.24. The van der Waals surface area contributed by atoms with Crippen molar-refractivity contribution in [3.05, 3.63) is 30.2 Å². The van der Waals surface area contributed by atoms with Crippen LogP contribution in [0.2, 0.25) is 0 Å². The number of rotatable bonds is 5. The van der Waals surface area contributed by atoms with Crippen LogP contribution in [0.5, 0.6) is 0 Å². The molecule has 2 aromatic rings. The quantitative estimate of drug-likeness (QED) is 0.871. The first kappa shape index (κ1) is 17.9. The number of anilines is 1. The molecule has 0 aliphatic carbocycles. The molecule has 1 heterocycles. The van der Waals surface area contributed by atoms with Crippen LogP contribution in [0.1, 0.15) is 26.2 Å². The molecule has 6 nitrogen and oxygen atoms in total. The maximum atomic E-state index is 12.4. The van der Waals surface area contributed by atoms with Gasteiger partial charge in [0, 0.05) is 11.3 Å². The summed E-state index contributed by atoms with van der Waals surface area (Å²) in [6, 6.07) is 5.39. The molecule has 0 spiro atoms. The Morgan fingerprint density at radius 3 is 2.42 bits per heavy atom. The lowest BCUT2D eigenvalue weighted by Crippen LogP contribution is -2.36. The second-order valence-corrected chi connectivity index (χ2v) is 5.72. The zero-order valence-corrected chi connectivity index (χ0v) is 13.1. The van der Waals surface area contributed by atoms with Gasteiger partial charge < -0.3 is 15.6 Å².